The zero-order valence-corrected chi connectivity index (χ0v) is 17.3. The molecule has 5 nitrogen and oxygen atoms in total. The number of hydrogen-bond acceptors (Lipinski definition) is 3. The summed E-state index contributed by atoms with van der Waals surface area (Å²) in [5.41, 5.74) is 1.50. The first kappa shape index (κ1) is 24.1. The van der Waals surface area contributed by atoms with Gasteiger partial charge in [0, 0.05) is 25.7 Å². The van der Waals surface area contributed by atoms with Crippen LogP contribution in [0.1, 0.15) is 37.8 Å². The quantitative estimate of drug-likeness (QED) is 0.336. The van der Waals surface area contributed by atoms with Crippen molar-refractivity contribution in [2.24, 2.45) is 4.99 Å². The number of nitrogens with one attached hydrogen (secondary N) is 2. The van der Waals surface area contributed by atoms with Gasteiger partial charge in [0.25, 0.3) is 0 Å². The first-order valence-electron chi connectivity index (χ1n) is 9.75. The van der Waals surface area contributed by atoms with Crippen molar-refractivity contribution in [3.63, 3.8) is 0 Å². The number of nitrogens with zero attached hydrogens (tertiary/aromatic N) is 2. The molecular formula is C20H33F3N4O. The highest BCUT2D eigenvalue weighted by molar-refractivity contribution is 5.79. The van der Waals surface area contributed by atoms with Gasteiger partial charge in [0.1, 0.15) is 5.75 Å². The summed E-state index contributed by atoms with van der Waals surface area (Å²) < 4.78 is 42.4. The third-order valence-corrected chi connectivity index (χ3v) is 4.37. The molecule has 0 aliphatic rings. The normalized spacial score (nSPS) is 12.4. The Morgan fingerprint density at radius 1 is 1.14 bits per heavy atom. The van der Waals surface area contributed by atoms with Crippen LogP contribution in [-0.2, 0) is 6.54 Å². The van der Waals surface area contributed by atoms with Crippen LogP contribution >= 0.6 is 0 Å². The predicted molar refractivity (Wildman–Crippen MR) is 108 cm³/mol. The average Bonchev–Trinajstić information content (AvgIpc) is 2.65. The van der Waals surface area contributed by atoms with E-state index in [4.69, 9.17) is 4.74 Å². The topological polar surface area (TPSA) is 48.9 Å². The molecule has 2 N–H and O–H groups in total. The standard InChI is InChI=1S/C20H33F3N4O/c1-5-27(6-2)12-8-7-11-25-19(24-4)26-14-17-10-9-16(3)13-18(17)28-15-20(21,22)23/h9-10,13H,5-8,11-12,14-15H2,1-4H3,(H2,24,25,26). The Balaban J connectivity index is 2.48. The minimum absolute atomic E-state index is 0.236. The smallest absolute Gasteiger partial charge is 0.422 e. The maximum Gasteiger partial charge on any atom is 0.422 e. The van der Waals surface area contributed by atoms with Gasteiger partial charge in [-0.15, -0.1) is 0 Å². The number of alkyl halides is 3. The molecule has 1 aromatic rings. The average molecular weight is 403 g/mol. The van der Waals surface area contributed by atoms with Gasteiger partial charge in [0.15, 0.2) is 12.6 Å². The van der Waals surface area contributed by atoms with Crippen molar-refractivity contribution >= 4 is 5.96 Å². The molecule has 0 aliphatic heterocycles. The Morgan fingerprint density at radius 2 is 1.86 bits per heavy atom. The Bertz CT molecular complexity index is 602. The van der Waals surface area contributed by atoms with Crippen LogP contribution in [0.15, 0.2) is 23.2 Å². The molecule has 28 heavy (non-hydrogen) atoms. The molecular weight excluding hydrogens is 369 g/mol. The van der Waals surface area contributed by atoms with Crippen LogP contribution in [0.5, 0.6) is 5.75 Å². The van der Waals surface area contributed by atoms with Crippen LogP contribution in [-0.4, -0.2) is 56.9 Å². The summed E-state index contributed by atoms with van der Waals surface area (Å²) in [6.07, 6.45) is -2.25. The molecule has 0 aliphatic carbocycles. The van der Waals surface area contributed by atoms with Crippen molar-refractivity contribution < 1.29 is 17.9 Å². The second-order valence-electron chi connectivity index (χ2n) is 6.60. The third kappa shape index (κ3) is 9.82. The van der Waals surface area contributed by atoms with E-state index < -0.39 is 12.8 Å². The maximum absolute atomic E-state index is 12.5. The van der Waals surface area contributed by atoms with Crippen LogP contribution in [0.25, 0.3) is 0 Å². The van der Waals surface area contributed by atoms with Gasteiger partial charge in [-0.1, -0.05) is 26.0 Å². The number of aliphatic imine (C=N–C) groups is 1. The first-order chi connectivity index (χ1) is 13.3. The number of aryl methyl sites for hydroxylation is 1. The van der Waals surface area contributed by atoms with E-state index in [2.05, 4.69) is 34.4 Å². The van der Waals surface area contributed by atoms with E-state index in [-0.39, 0.29) is 5.75 Å². The van der Waals surface area contributed by atoms with Gasteiger partial charge in [0.05, 0.1) is 0 Å². The molecule has 0 aromatic heterocycles. The van der Waals surface area contributed by atoms with Crippen LogP contribution < -0.4 is 15.4 Å². The van der Waals surface area contributed by atoms with E-state index in [0.29, 0.717) is 18.1 Å². The lowest BCUT2D eigenvalue weighted by atomic mass is 10.1. The first-order valence-corrected chi connectivity index (χ1v) is 9.75. The zero-order chi connectivity index (χ0) is 21.0. The fourth-order valence-corrected chi connectivity index (χ4v) is 2.71. The predicted octanol–water partition coefficient (Wildman–Crippen LogP) is 3.72. The van der Waals surface area contributed by atoms with Crippen molar-refractivity contribution in [3.8, 4) is 5.75 Å². The van der Waals surface area contributed by atoms with Gasteiger partial charge in [-0.25, -0.2) is 0 Å². The van der Waals surface area contributed by atoms with Gasteiger partial charge in [-0.3, -0.25) is 4.99 Å². The monoisotopic (exact) mass is 402 g/mol. The van der Waals surface area contributed by atoms with Crippen LogP contribution in [0.3, 0.4) is 0 Å². The van der Waals surface area contributed by atoms with Gasteiger partial charge < -0.3 is 20.3 Å². The van der Waals surface area contributed by atoms with Crippen LogP contribution in [0, 0.1) is 6.92 Å². The Hall–Kier alpha value is -1.96. The molecule has 0 fully saturated rings. The Kier molecular flexibility index (Phi) is 10.7. The summed E-state index contributed by atoms with van der Waals surface area (Å²) >= 11 is 0. The minimum Gasteiger partial charge on any atom is -0.484 e. The fraction of sp³-hybridized carbons (Fsp3) is 0.650. The summed E-state index contributed by atoms with van der Waals surface area (Å²) in [4.78, 5) is 6.55. The van der Waals surface area contributed by atoms with E-state index in [1.807, 2.05) is 13.0 Å². The molecule has 0 amide bonds. The van der Waals surface area contributed by atoms with Crippen molar-refractivity contribution in [3.05, 3.63) is 29.3 Å². The minimum atomic E-state index is -4.36. The molecule has 1 aromatic carbocycles. The van der Waals surface area contributed by atoms with E-state index in [9.17, 15) is 13.2 Å². The van der Waals surface area contributed by atoms with E-state index >= 15 is 0 Å². The molecule has 0 heterocycles. The van der Waals surface area contributed by atoms with E-state index in [0.717, 1.165) is 44.6 Å². The number of halogens is 3. The molecule has 1 rings (SSSR count). The largest absolute Gasteiger partial charge is 0.484 e. The second kappa shape index (κ2) is 12.5. The molecule has 0 unspecified atom stereocenters. The maximum atomic E-state index is 12.5. The van der Waals surface area contributed by atoms with Crippen LogP contribution in [0.4, 0.5) is 13.2 Å². The molecule has 0 atom stereocenters. The Morgan fingerprint density at radius 3 is 2.46 bits per heavy atom. The summed E-state index contributed by atoms with van der Waals surface area (Å²) in [5.74, 6) is 0.852. The molecule has 0 radical (unpaired) electrons. The molecule has 0 spiro atoms. The number of hydrogen-bond donors (Lipinski definition) is 2. The van der Waals surface area contributed by atoms with Crippen molar-refractivity contribution in [1.29, 1.82) is 0 Å². The number of guanidine groups is 1. The highest BCUT2D eigenvalue weighted by atomic mass is 19.4. The number of ether oxygens (including phenoxy) is 1. The molecule has 0 saturated carbocycles. The summed E-state index contributed by atoms with van der Waals surface area (Å²) in [6.45, 7) is 9.13. The fourth-order valence-electron chi connectivity index (χ4n) is 2.71. The van der Waals surface area contributed by atoms with Crippen molar-refractivity contribution in [2.75, 3.05) is 39.8 Å². The lowest BCUT2D eigenvalue weighted by Gasteiger charge is -2.18. The highest BCUT2D eigenvalue weighted by Gasteiger charge is 2.28. The molecule has 160 valence electrons. The second-order valence-corrected chi connectivity index (χ2v) is 6.60. The van der Waals surface area contributed by atoms with Crippen molar-refractivity contribution in [2.45, 2.75) is 46.3 Å². The van der Waals surface area contributed by atoms with E-state index in [1.165, 1.54) is 0 Å². The molecule has 8 heteroatoms. The number of rotatable bonds is 11. The molecule has 0 saturated heterocycles. The summed E-state index contributed by atoms with van der Waals surface area (Å²) in [5, 5.41) is 6.37. The third-order valence-electron chi connectivity index (χ3n) is 4.37. The van der Waals surface area contributed by atoms with Gasteiger partial charge in [0.2, 0.25) is 0 Å². The van der Waals surface area contributed by atoms with Gasteiger partial charge >= 0.3 is 6.18 Å². The van der Waals surface area contributed by atoms with Gasteiger partial charge in [-0.2, -0.15) is 13.2 Å². The summed E-state index contributed by atoms with van der Waals surface area (Å²) in [7, 11) is 1.67. The molecule has 0 bridgehead atoms. The zero-order valence-electron chi connectivity index (χ0n) is 17.3. The summed E-state index contributed by atoms with van der Waals surface area (Å²) in [6, 6.07) is 5.23. The lowest BCUT2D eigenvalue weighted by molar-refractivity contribution is -0.153. The highest BCUT2D eigenvalue weighted by Crippen LogP contribution is 2.23. The van der Waals surface area contributed by atoms with E-state index in [1.54, 1.807) is 19.2 Å². The number of unbranched alkanes of at least 4 members (excludes halogenated alkanes) is 1. The SMILES string of the molecule is CCN(CC)CCCCNC(=NC)NCc1ccc(C)cc1OCC(F)(F)F. The van der Waals surface area contributed by atoms with Crippen molar-refractivity contribution in [1.82, 2.24) is 15.5 Å². The van der Waals surface area contributed by atoms with Gasteiger partial charge in [-0.05, 0) is 51.0 Å². The lowest BCUT2D eigenvalue weighted by Crippen LogP contribution is -2.37. The Labute approximate surface area is 166 Å². The van der Waals surface area contributed by atoms with Crippen LogP contribution in [0.2, 0.25) is 0 Å². The number of benzene rings is 1.